The number of hydrogen-bond acceptors (Lipinski definition) is 3. The number of rotatable bonds is 9. The predicted molar refractivity (Wildman–Crippen MR) is 151 cm³/mol. The highest BCUT2D eigenvalue weighted by Crippen LogP contribution is 2.40. The Bertz CT molecular complexity index is 1220. The number of likely N-dealkylation sites (tertiary alicyclic amines) is 1. The second-order valence-electron chi connectivity index (χ2n) is 10.0. The van der Waals surface area contributed by atoms with E-state index in [0.717, 1.165) is 50.7 Å². The van der Waals surface area contributed by atoms with Crippen LogP contribution >= 0.6 is 23.2 Å². The Hall–Kier alpha value is -2.86. The summed E-state index contributed by atoms with van der Waals surface area (Å²) in [5.74, 6) is -0.864. The number of carbonyl (C=O) groups is 2. The number of carboxylic acid groups (broad SMARTS) is 1. The lowest BCUT2D eigenvalue weighted by molar-refractivity contribution is -0.154. The molecule has 1 atom stereocenters. The number of benzene rings is 3. The van der Waals surface area contributed by atoms with Gasteiger partial charge in [-0.05, 0) is 72.6 Å². The maximum Gasteiger partial charge on any atom is 0.333 e. The molecule has 200 valence electrons. The first kappa shape index (κ1) is 28.2. The van der Waals surface area contributed by atoms with Crippen molar-refractivity contribution >= 4 is 35.1 Å². The second kappa shape index (κ2) is 12.8. The zero-order chi connectivity index (χ0) is 27.2. The Morgan fingerprint density at radius 3 is 1.97 bits per heavy atom. The van der Waals surface area contributed by atoms with E-state index in [1.165, 1.54) is 0 Å². The summed E-state index contributed by atoms with van der Waals surface area (Å²) in [5, 5.41) is 11.0. The fourth-order valence-electron chi connectivity index (χ4n) is 5.13. The molecule has 1 heterocycles. The van der Waals surface area contributed by atoms with E-state index in [1.807, 2.05) is 68.4 Å². The smallest absolute Gasteiger partial charge is 0.333 e. The van der Waals surface area contributed by atoms with Crippen LogP contribution in [0.3, 0.4) is 0 Å². The lowest BCUT2D eigenvalue weighted by Gasteiger charge is -2.37. The maximum absolute atomic E-state index is 12.9. The van der Waals surface area contributed by atoms with Crippen molar-refractivity contribution in [1.29, 1.82) is 0 Å². The number of aryl methyl sites for hydroxylation is 2. The van der Waals surface area contributed by atoms with E-state index in [1.54, 1.807) is 4.90 Å². The topological polar surface area (TPSA) is 66.8 Å². The highest BCUT2D eigenvalue weighted by Gasteiger charge is 2.31. The van der Waals surface area contributed by atoms with Crippen LogP contribution < -0.4 is 0 Å². The number of carboxylic acids is 1. The van der Waals surface area contributed by atoms with Crippen LogP contribution in [-0.2, 0) is 20.7 Å². The fraction of sp³-hybridized carbons (Fsp3) is 0.355. The number of piperidine rings is 1. The van der Waals surface area contributed by atoms with Crippen molar-refractivity contribution in [3.05, 3.63) is 105 Å². The van der Waals surface area contributed by atoms with Gasteiger partial charge in [0.25, 0.3) is 0 Å². The Balaban J connectivity index is 1.42. The molecule has 38 heavy (non-hydrogen) atoms. The molecule has 3 aromatic carbocycles. The first-order chi connectivity index (χ1) is 18.2. The summed E-state index contributed by atoms with van der Waals surface area (Å²) in [6.07, 6.45) is 0.756. The number of halogens is 2. The first-order valence-electron chi connectivity index (χ1n) is 12.9. The molecule has 3 aromatic rings. The third-order valence-corrected chi connectivity index (χ3v) is 8.24. The molecule has 0 bridgehead atoms. The molecular weight excluding hydrogens is 521 g/mol. The summed E-state index contributed by atoms with van der Waals surface area (Å²) in [6.45, 7) is 4.90. The van der Waals surface area contributed by atoms with E-state index in [9.17, 15) is 14.7 Å². The van der Waals surface area contributed by atoms with Crippen LogP contribution in [0.5, 0.6) is 0 Å². The van der Waals surface area contributed by atoms with Crippen molar-refractivity contribution in [2.45, 2.75) is 45.1 Å². The van der Waals surface area contributed by atoms with Crippen molar-refractivity contribution < 1.29 is 19.4 Å². The molecule has 4 rings (SSSR count). The molecule has 0 aliphatic carbocycles. The molecule has 0 spiro atoms. The lowest BCUT2D eigenvalue weighted by Crippen LogP contribution is -2.42. The molecule has 1 aliphatic rings. The number of aliphatic carboxylic acids is 1. The van der Waals surface area contributed by atoms with Gasteiger partial charge in [0.05, 0.1) is 0 Å². The minimum atomic E-state index is -1.07. The summed E-state index contributed by atoms with van der Waals surface area (Å²) in [7, 11) is 0. The highest BCUT2D eigenvalue weighted by atomic mass is 35.5. The SMILES string of the molecule is Cc1ccc(C(c2ccc(C)c(Cl)c2)C2CCN(C(=O)COC(Cc3ccccc3)C(=O)O)CC2)cc1Cl. The Kier molecular flexibility index (Phi) is 9.48. The quantitative estimate of drug-likeness (QED) is 0.320. The van der Waals surface area contributed by atoms with Crippen LogP contribution in [0.2, 0.25) is 10.0 Å². The Morgan fingerprint density at radius 1 is 0.921 bits per heavy atom. The summed E-state index contributed by atoms with van der Waals surface area (Å²) >= 11 is 13.0. The average Bonchev–Trinajstić information content (AvgIpc) is 2.91. The molecule has 1 saturated heterocycles. The lowest BCUT2D eigenvalue weighted by atomic mass is 9.76. The molecule has 7 heteroatoms. The van der Waals surface area contributed by atoms with Gasteiger partial charge in [-0.1, -0.05) is 77.8 Å². The van der Waals surface area contributed by atoms with E-state index >= 15 is 0 Å². The van der Waals surface area contributed by atoms with Gasteiger partial charge in [-0.3, -0.25) is 4.79 Å². The van der Waals surface area contributed by atoms with Crippen molar-refractivity contribution in [3.8, 4) is 0 Å². The van der Waals surface area contributed by atoms with Crippen molar-refractivity contribution in [2.24, 2.45) is 5.92 Å². The highest BCUT2D eigenvalue weighted by molar-refractivity contribution is 6.31. The number of nitrogens with zero attached hydrogens (tertiary/aromatic N) is 1. The number of amides is 1. The summed E-state index contributed by atoms with van der Waals surface area (Å²) in [4.78, 5) is 26.4. The summed E-state index contributed by atoms with van der Waals surface area (Å²) in [6, 6.07) is 21.7. The van der Waals surface area contributed by atoms with E-state index in [-0.39, 0.29) is 24.9 Å². The monoisotopic (exact) mass is 553 g/mol. The zero-order valence-corrected chi connectivity index (χ0v) is 23.2. The molecule has 1 unspecified atom stereocenters. The molecular formula is C31H33Cl2NO4. The van der Waals surface area contributed by atoms with Crippen LogP contribution in [0.1, 0.15) is 46.6 Å². The number of hydrogen-bond donors (Lipinski definition) is 1. The van der Waals surface area contributed by atoms with E-state index < -0.39 is 12.1 Å². The molecule has 1 fully saturated rings. The molecule has 0 saturated carbocycles. The minimum Gasteiger partial charge on any atom is -0.479 e. The normalized spacial score (nSPS) is 15.0. The van der Waals surface area contributed by atoms with E-state index in [4.69, 9.17) is 27.9 Å². The Morgan fingerprint density at radius 2 is 1.47 bits per heavy atom. The van der Waals surface area contributed by atoms with Gasteiger partial charge in [0.15, 0.2) is 6.10 Å². The van der Waals surface area contributed by atoms with E-state index in [0.29, 0.717) is 19.0 Å². The molecule has 1 N–H and O–H groups in total. The van der Waals surface area contributed by atoms with Crippen molar-refractivity contribution in [2.75, 3.05) is 19.7 Å². The largest absolute Gasteiger partial charge is 0.479 e. The van der Waals surface area contributed by atoms with Gasteiger partial charge >= 0.3 is 5.97 Å². The molecule has 0 aromatic heterocycles. The fourth-order valence-corrected chi connectivity index (χ4v) is 5.51. The van der Waals surface area contributed by atoms with Crippen LogP contribution in [0.25, 0.3) is 0 Å². The van der Waals surface area contributed by atoms with Crippen molar-refractivity contribution in [1.82, 2.24) is 4.90 Å². The summed E-state index contributed by atoms with van der Waals surface area (Å²) in [5.41, 5.74) is 5.19. The van der Waals surface area contributed by atoms with Crippen LogP contribution in [0.4, 0.5) is 0 Å². The van der Waals surface area contributed by atoms with Gasteiger partial charge in [-0.15, -0.1) is 0 Å². The first-order valence-corrected chi connectivity index (χ1v) is 13.7. The molecule has 0 radical (unpaired) electrons. The summed E-state index contributed by atoms with van der Waals surface area (Å²) < 4.78 is 5.56. The standard InChI is InChI=1S/C31H33Cl2NO4/c1-20-8-10-24(17-26(20)32)30(25-11-9-21(2)27(33)18-25)23-12-14-34(15-13-23)29(35)19-38-28(31(36)37)16-22-6-4-3-5-7-22/h3-11,17-18,23,28,30H,12-16,19H2,1-2H3,(H,36,37). The number of ether oxygens (including phenoxy) is 1. The third kappa shape index (κ3) is 6.96. The predicted octanol–water partition coefficient (Wildman–Crippen LogP) is 6.69. The second-order valence-corrected chi connectivity index (χ2v) is 10.9. The van der Waals surface area contributed by atoms with Crippen LogP contribution in [0, 0.1) is 19.8 Å². The van der Waals surface area contributed by atoms with Crippen LogP contribution in [0.15, 0.2) is 66.7 Å². The number of carbonyl (C=O) groups excluding carboxylic acids is 1. The maximum atomic E-state index is 12.9. The van der Waals surface area contributed by atoms with Gasteiger partial charge in [-0.25, -0.2) is 4.79 Å². The third-order valence-electron chi connectivity index (χ3n) is 7.42. The van der Waals surface area contributed by atoms with E-state index in [2.05, 4.69) is 12.1 Å². The van der Waals surface area contributed by atoms with Gasteiger partial charge in [-0.2, -0.15) is 0 Å². The average molecular weight is 555 g/mol. The minimum absolute atomic E-state index is 0.0990. The van der Waals surface area contributed by atoms with Gasteiger partial charge in [0, 0.05) is 35.5 Å². The Labute approximate surface area is 234 Å². The van der Waals surface area contributed by atoms with Gasteiger partial charge < -0.3 is 14.7 Å². The molecule has 5 nitrogen and oxygen atoms in total. The molecule has 1 amide bonds. The van der Waals surface area contributed by atoms with Gasteiger partial charge in [0.2, 0.25) is 5.91 Å². The van der Waals surface area contributed by atoms with Gasteiger partial charge in [0.1, 0.15) is 6.61 Å². The van der Waals surface area contributed by atoms with Crippen molar-refractivity contribution in [3.63, 3.8) is 0 Å². The molecule has 1 aliphatic heterocycles. The van der Waals surface area contributed by atoms with Crippen LogP contribution in [-0.4, -0.2) is 47.7 Å². The zero-order valence-electron chi connectivity index (χ0n) is 21.7.